The van der Waals surface area contributed by atoms with E-state index < -0.39 is 11.6 Å². The van der Waals surface area contributed by atoms with Crippen LogP contribution in [0.3, 0.4) is 0 Å². The van der Waals surface area contributed by atoms with Crippen molar-refractivity contribution >= 4 is 0 Å². The number of fused-ring (bicyclic) bond motifs is 1. The SMILES string of the molecule is CCNC(c1cccc(F)c1F)C1Cc2ccccc2C1. The summed E-state index contributed by atoms with van der Waals surface area (Å²) in [4.78, 5) is 0. The van der Waals surface area contributed by atoms with Crippen molar-refractivity contribution < 1.29 is 8.78 Å². The fraction of sp³-hybridized carbons (Fsp3) is 0.333. The van der Waals surface area contributed by atoms with Crippen LogP contribution in [0.5, 0.6) is 0 Å². The highest BCUT2D eigenvalue weighted by molar-refractivity contribution is 5.34. The van der Waals surface area contributed by atoms with Crippen LogP contribution in [0.2, 0.25) is 0 Å². The van der Waals surface area contributed by atoms with Crippen molar-refractivity contribution in [3.05, 3.63) is 70.8 Å². The molecule has 1 unspecified atom stereocenters. The van der Waals surface area contributed by atoms with E-state index in [-0.39, 0.29) is 12.0 Å². The molecule has 1 aliphatic carbocycles. The standard InChI is InChI=1S/C18H19F2N/c1-2-21-18(15-8-5-9-16(19)17(15)20)14-10-12-6-3-4-7-13(12)11-14/h3-9,14,18,21H,2,10-11H2,1H3. The number of hydrogen-bond donors (Lipinski definition) is 1. The van der Waals surface area contributed by atoms with E-state index in [0.29, 0.717) is 5.56 Å². The summed E-state index contributed by atoms with van der Waals surface area (Å²) >= 11 is 0. The maximum absolute atomic E-state index is 14.1. The van der Waals surface area contributed by atoms with Gasteiger partial charge in [0.1, 0.15) is 0 Å². The van der Waals surface area contributed by atoms with Crippen LogP contribution < -0.4 is 5.32 Å². The Balaban J connectivity index is 1.91. The summed E-state index contributed by atoms with van der Waals surface area (Å²) in [6, 6.07) is 12.6. The van der Waals surface area contributed by atoms with Gasteiger partial charge in [-0.25, -0.2) is 8.78 Å². The van der Waals surface area contributed by atoms with Gasteiger partial charge in [0.05, 0.1) is 0 Å². The first-order valence-corrected chi connectivity index (χ1v) is 7.44. The second-order valence-electron chi connectivity index (χ2n) is 5.62. The Morgan fingerprint density at radius 2 is 1.71 bits per heavy atom. The number of rotatable bonds is 4. The molecule has 2 aromatic rings. The molecule has 1 N–H and O–H groups in total. The Hall–Kier alpha value is -1.74. The highest BCUT2D eigenvalue weighted by Crippen LogP contribution is 2.36. The zero-order valence-electron chi connectivity index (χ0n) is 12.1. The third kappa shape index (κ3) is 2.70. The maximum Gasteiger partial charge on any atom is 0.163 e. The topological polar surface area (TPSA) is 12.0 Å². The fourth-order valence-electron chi connectivity index (χ4n) is 3.34. The van der Waals surface area contributed by atoms with Gasteiger partial charge in [0.15, 0.2) is 11.6 Å². The molecule has 0 radical (unpaired) electrons. The lowest BCUT2D eigenvalue weighted by Gasteiger charge is -2.25. The molecular formula is C18H19F2N. The molecule has 0 heterocycles. The Labute approximate surface area is 124 Å². The Morgan fingerprint density at radius 1 is 1.05 bits per heavy atom. The Kier molecular flexibility index (Phi) is 4.02. The summed E-state index contributed by atoms with van der Waals surface area (Å²) in [6.45, 7) is 2.72. The van der Waals surface area contributed by atoms with Crippen LogP contribution in [0.15, 0.2) is 42.5 Å². The number of nitrogens with one attached hydrogen (secondary N) is 1. The van der Waals surface area contributed by atoms with Gasteiger partial charge in [0.2, 0.25) is 0 Å². The smallest absolute Gasteiger partial charge is 0.163 e. The van der Waals surface area contributed by atoms with Crippen molar-refractivity contribution in [1.82, 2.24) is 5.32 Å². The minimum absolute atomic E-state index is 0.155. The van der Waals surface area contributed by atoms with Crippen LogP contribution >= 0.6 is 0 Å². The first kappa shape index (κ1) is 14.2. The van der Waals surface area contributed by atoms with Crippen molar-refractivity contribution in [1.29, 1.82) is 0 Å². The van der Waals surface area contributed by atoms with Crippen molar-refractivity contribution in [2.45, 2.75) is 25.8 Å². The average molecular weight is 287 g/mol. The maximum atomic E-state index is 14.1. The second kappa shape index (κ2) is 5.94. The normalized spacial score (nSPS) is 16.0. The summed E-state index contributed by atoms with van der Waals surface area (Å²) < 4.78 is 27.7. The molecule has 1 aliphatic rings. The van der Waals surface area contributed by atoms with E-state index in [1.165, 1.54) is 17.2 Å². The molecule has 0 aliphatic heterocycles. The second-order valence-corrected chi connectivity index (χ2v) is 5.62. The summed E-state index contributed by atoms with van der Waals surface area (Å²) in [7, 11) is 0. The van der Waals surface area contributed by atoms with Gasteiger partial charge in [0.25, 0.3) is 0 Å². The van der Waals surface area contributed by atoms with Crippen molar-refractivity contribution in [2.75, 3.05) is 6.54 Å². The first-order chi connectivity index (χ1) is 10.2. The molecule has 0 amide bonds. The average Bonchev–Trinajstić information content (AvgIpc) is 2.91. The molecule has 0 spiro atoms. The number of hydrogen-bond acceptors (Lipinski definition) is 1. The molecule has 3 rings (SSSR count). The molecule has 110 valence electrons. The van der Waals surface area contributed by atoms with E-state index in [1.54, 1.807) is 12.1 Å². The van der Waals surface area contributed by atoms with Gasteiger partial charge < -0.3 is 5.32 Å². The number of halogens is 2. The molecule has 21 heavy (non-hydrogen) atoms. The van der Waals surface area contributed by atoms with Gasteiger partial charge in [-0.2, -0.15) is 0 Å². The van der Waals surface area contributed by atoms with Crippen LogP contribution in [0, 0.1) is 17.6 Å². The third-order valence-electron chi connectivity index (χ3n) is 4.29. The molecule has 0 aromatic heterocycles. The van der Waals surface area contributed by atoms with Crippen LogP contribution in [0.25, 0.3) is 0 Å². The number of benzene rings is 2. The molecule has 1 atom stereocenters. The van der Waals surface area contributed by atoms with Gasteiger partial charge in [-0.1, -0.05) is 43.3 Å². The van der Waals surface area contributed by atoms with Gasteiger partial charge in [-0.15, -0.1) is 0 Å². The largest absolute Gasteiger partial charge is 0.310 e. The zero-order valence-corrected chi connectivity index (χ0v) is 12.1. The molecule has 0 saturated carbocycles. The highest BCUT2D eigenvalue weighted by Gasteiger charge is 2.31. The minimum atomic E-state index is -0.772. The molecule has 3 heteroatoms. The Bertz CT molecular complexity index is 614. The zero-order chi connectivity index (χ0) is 14.8. The lowest BCUT2D eigenvalue weighted by Crippen LogP contribution is -2.29. The van der Waals surface area contributed by atoms with Crippen LogP contribution in [0.1, 0.15) is 29.7 Å². The van der Waals surface area contributed by atoms with Crippen LogP contribution in [0.4, 0.5) is 8.78 Å². The van der Waals surface area contributed by atoms with Gasteiger partial charge in [-0.05, 0) is 42.5 Å². The van der Waals surface area contributed by atoms with E-state index in [2.05, 4.69) is 17.4 Å². The van der Waals surface area contributed by atoms with Crippen molar-refractivity contribution in [3.63, 3.8) is 0 Å². The fourth-order valence-corrected chi connectivity index (χ4v) is 3.34. The van der Waals surface area contributed by atoms with E-state index in [0.717, 1.165) is 19.4 Å². The van der Waals surface area contributed by atoms with Crippen molar-refractivity contribution in [2.24, 2.45) is 5.92 Å². The molecule has 0 bridgehead atoms. The monoisotopic (exact) mass is 287 g/mol. The highest BCUT2D eigenvalue weighted by atomic mass is 19.2. The summed E-state index contributed by atoms with van der Waals surface area (Å²) in [5, 5.41) is 3.34. The van der Waals surface area contributed by atoms with E-state index in [9.17, 15) is 8.78 Å². The molecule has 2 aromatic carbocycles. The predicted molar refractivity (Wildman–Crippen MR) is 80.1 cm³/mol. The van der Waals surface area contributed by atoms with Crippen LogP contribution in [-0.4, -0.2) is 6.54 Å². The summed E-state index contributed by atoms with van der Waals surface area (Å²) in [6.07, 6.45) is 1.81. The van der Waals surface area contributed by atoms with Gasteiger partial charge >= 0.3 is 0 Å². The summed E-state index contributed by atoms with van der Waals surface area (Å²) in [5.74, 6) is -1.23. The van der Waals surface area contributed by atoms with Crippen LogP contribution in [-0.2, 0) is 12.8 Å². The van der Waals surface area contributed by atoms with Crippen molar-refractivity contribution in [3.8, 4) is 0 Å². The van der Waals surface area contributed by atoms with E-state index >= 15 is 0 Å². The Morgan fingerprint density at radius 3 is 2.33 bits per heavy atom. The third-order valence-corrected chi connectivity index (χ3v) is 4.29. The molecular weight excluding hydrogens is 268 g/mol. The quantitative estimate of drug-likeness (QED) is 0.895. The molecule has 0 saturated heterocycles. The lowest BCUT2D eigenvalue weighted by atomic mass is 9.90. The van der Waals surface area contributed by atoms with E-state index in [4.69, 9.17) is 0 Å². The minimum Gasteiger partial charge on any atom is -0.310 e. The van der Waals surface area contributed by atoms with Gasteiger partial charge in [-0.3, -0.25) is 0 Å². The molecule has 0 fully saturated rings. The lowest BCUT2D eigenvalue weighted by molar-refractivity contribution is 0.362. The van der Waals surface area contributed by atoms with Gasteiger partial charge in [0, 0.05) is 11.6 Å². The van der Waals surface area contributed by atoms with E-state index in [1.807, 2.05) is 19.1 Å². The predicted octanol–water partition coefficient (Wildman–Crippen LogP) is 4.03. The first-order valence-electron chi connectivity index (χ1n) is 7.44. The summed E-state index contributed by atoms with van der Waals surface area (Å²) in [5.41, 5.74) is 3.08. The molecule has 1 nitrogen and oxygen atoms in total.